The standard InChI is InChI=1S/C11H21N3O2/c1-8(2)6-14-7-9(5-10(14)15)11(16)13-4-3-12/h8-9H,3-7,12H2,1-2H3,(H,13,16). The molecule has 1 heterocycles. The Kier molecular flexibility index (Phi) is 4.73. The summed E-state index contributed by atoms with van der Waals surface area (Å²) in [7, 11) is 0. The Labute approximate surface area is 96.4 Å². The van der Waals surface area contributed by atoms with Crippen molar-refractivity contribution in [3.05, 3.63) is 0 Å². The molecule has 1 aliphatic rings. The van der Waals surface area contributed by atoms with E-state index in [0.717, 1.165) is 6.54 Å². The Morgan fingerprint density at radius 3 is 2.88 bits per heavy atom. The first-order valence-corrected chi connectivity index (χ1v) is 5.80. The topological polar surface area (TPSA) is 75.4 Å². The highest BCUT2D eigenvalue weighted by Gasteiger charge is 2.33. The van der Waals surface area contributed by atoms with E-state index in [-0.39, 0.29) is 17.7 Å². The molecule has 1 atom stereocenters. The van der Waals surface area contributed by atoms with Crippen molar-refractivity contribution in [1.29, 1.82) is 0 Å². The Hall–Kier alpha value is -1.10. The minimum atomic E-state index is -0.196. The largest absolute Gasteiger partial charge is 0.355 e. The molecule has 0 aromatic heterocycles. The van der Waals surface area contributed by atoms with Crippen LogP contribution in [0.15, 0.2) is 0 Å². The van der Waals surface area contributed by atoms with Gasteiger partial charge in [-0.05, 0) is 5.92 Å². The van der Waals surface area contributed by atoms with E-state index in [1.54, 1.807) is 4.90 Å². The molecular formula is C11H21N3O2. The van der Waals surface area contributed by atoms with Crippen LogP contribution in [-0.2, 0) is 9.59 Å². The van der Waals surface area contributed by atoms with Gasteiger partial charge < -0.3 is 16.0 Å². The maximum Gasteiger partial charge on any atom is 0.225 e. The minimum Gasteiger partial charge on any atom is -0.355 e. The fraction of sp³-hybridized carbons (Fsp3) is 0.818. The van der Waals surface area contributed by atoms with Crippen molar-refractivity contribution in [1.82, 2.24) is 10.2 Å². The van der Waals surface area contributed by atoms with Gasteiger partial charge in [-0.25, -0.2) is 0 Å². The lowest BCUT2D eigenvalue weighted by Gasteiger charge is -2.18. The molecule has 1 rings (SSSR count). The number of likely N-dealkylation sites (tertiary alicyclic amines) is 1. The van der Waals surface area contributed by atoms with Crippen LogP contribution in [0.3, 0.4) is 0 Å². The van der Waals surface area contributed by atoms with Gasteiger partial charge in [0.1, 0.15) is 0 Å². The van der Waals surface area contributed by atoms with Crippen LogP contribution >= 0.6 is 0 Å². The summed E-state index contributed by atoms with van der Waals surface area (Å²) < 4.78 is 0. The lowest BCUT2D eigenvalue weighted by molar-refractivity contribution is -0.129. The fourth-order valence-corrected chi connectivity index (χ4v) is 1.90. The van der Waals surface area contributed by atoms with Crippen molar-refractivity contribution in [2.45, 2.75) is 20.3 Å². The van der Waals surface area contributed by atoms with E-state index < -0.39 is 0 Å². The van der Waals surface area contributed by atoms with Gasteiger partial charge in [0.15, 0.2) is 0 Å². The van der Waals surface area contributed by atoms with Crippen molar-refractivity contribution >= 4 is 11.8 Å². The molecule has 5 nitrogen and oxygen atoms in total. The third kappa shape index (κ3) is 3.48. The highest BCUT2D eigenvalue weighted by Crippen LogP contribution is 2.18. The van der Waals surface area contributed by atoms with Crippen LogP contribution in [0.2, 0.25) is 0 Å². The van der Waals surface area contributed by atoms with Gasteiger partial charge in [0.2, 0.25) is 11.8 Å². The van der Waals surface area contributed by atoms with Crippen LogP contribution in [0.4, 0.5) is 0 Å². The van der Waals surface area contributed by atoms with Gasteiger partial charge in [-0.1, -0.05) is 13.8 Å². The Morgan fingerprint density at radius 1 is 1.62 bits per heavy atom. The fourth-order valence-electron chi connectivity index (χ4n) is 1.90. The number of nitrogens with two attached hydrogens (primary N) is 1. The third-order valence-electron chi connectivity index (χ3n) is 2.61. The number of carbonyl (C=O) groups is 2. The number of hydrogen-bond donors (Lipinski definition) is 2. The molecule has 16 heavy (non-hydrogen) atoms. The number of carbonyl (C=O) groups excluding carboxylic acids is 2. The molecular weight excluding hydrogens is 206 g/mol. The van der Waals surface area contributed by atoms with Crippen molar-refractivity contribution in [3.63, 3.8) is 0 Å². The summed E-state index contributed by atoms with van der Waals surface area (Å²) in [4.78, 5) is 25.0. The summed E-state index contributed by atoms with van der Waals surface area (Å²) in [5.41, 5.74) is 5.30. The first kappa shape index (κ1) is 13.0. The molecule has 1 unspecified atom stereocenters. The van der Waals surface area contributed by atoms with Gasteiger partial charge in [0.05, 0.1) is 5.92 Å². The van der Waals surface area contributed by atoms with Gasteiger partial charge in [0.25, 0.3) is 0 Å². The first-order chi connectivity index (χ1) is 7.54. The minimum absolute atomic E-state index is 0.0509. The SMILES string of the molecule is CC(C)CN1CC(C(=O)NCCN)CC1=O. The maximum absolute atomic E-state index is 11.6. The first-order valence-electron chi connectivity index (χ1n) is 5.80. The van der Waals surface area contributed by atoms with Gasteiger partial charge >= 0.3 is 0 Å². The van der Waals surface area contributed by atoms with Crippen molar-refractivity contribution in [2.75, 3.05) is 26.2 Å². The van der Waals surface area contributed by atoms with E-state index in [2.05, 4.69) is 19.2 Å². The van der Waals surface area contributed by atoms with Gasteiger partial charge in [-0.2, -0.15) is 0 Å². The lowest BCUT2D eigenvalue weighted by atomic mass is 10.1. The summed E-state index contributed by atoms with van der Waals surface area (Å²) in [5, 5.41) is 2.73. The summed E-state index contributed by atoms with van der Waals surface area (Å²) >= 11 is 0. The maximum atomic E-state index is 11.6. The molecule has 0 aromatic carbocycles. The molecule has 2 amide bonds. The molecule has 1 aliphatic heterocycles. The van der Waals surface area contributed by atoms with Crippen molar-refractivity contribution < 1.29 is 9.59 Å². The van der Waals surface area contributed by atoms with Crippen molar-refractivity contribution in [3.8, 4) is 0 Å². The molecule has 0 aromatic rings. The predicted molar refractivity (Wildman–Crippen MR) is 61.6 cm³/mol. The normalized spacial score (nSPS) is 20.6. The average Bonchev–Trinajstić information content (AvgIpc) is 2.56. The summed E-state index contributed by atoms with van der Waals surface area (Å²) in [6.07, 6.45) is 0.336. The van der Waals surface area contributed by atoms with Gasteiger partial charge in [0, 0.05) is 32.6 Å². The zero-order valence-corrected chi connectivity index (χ0v) is 10.0. The third-order valence-corrected chi connectivity index (χ3v) is 2.61. The molecule has 0 bridgehead atoms. The average molecular weight is 227 g/mol. The number of nitrogens with one attached hydrogen (secondary N) is 1. The Bertz CT molecular complexity index is 266. The summed E-state index contributed by atoms with van der Waals surface area (Å²) in [6.45, 7) is 6.33. The summed E-state index contributed by atoms with van der Waals surface area (Å²) in [5.74, 6) is 0.277. The van der Waals surface area contributed by atoms with Gasteiger partial charge in [-0.3, -0.25) is 9.59 Å². The van der Waals surface area contributed by atoms with Crippen LogP contribution in [0, 0.1) is 11.8 Å². The number of nitrogens with zero attached hydrogens (tertiary/aromatic N) is 1. The zero-order valence-electron chi connectivity index (χ0n) is 10.0. The summed E-state index contributed by atoms with van der Waals surface area (Å²) in [6, 6.07) is 0. The second kappa shape index (κ2) is 5.84. The van der Waals surface area contributed by atoms with Crippen LogP contribution in [0.1, 0.15) is 20.3 Å². The predicted octanol–water partition coefficient (Wildman–Crippen LogP) is -0.434. The van der Waals surface area contributed by atoms with E-state index in [4.69, 9.17) is 5.73 Å². The Morgan fingerprint density at radius 2 is 2.31 bits per heavy atom. The molecule has 0 aliphatic carbocycles. The van der Waals surface area contributed by atoms with Crippen LogP contribution in [-0.4, -0.2) is 42.9 Å². The van der Waals surface area contributed by atoms with Crippen LogP contribution in [0.25, 0.3) is 0 Å². The second-order valence-electron chi connectivity index (χ2n) is 4.67. The highest BCUT2D eigenvalue weighted by atomic mass is 16.2. The molecule has 0 saturated carbocycles. The van der Waals surface area contributed by atoms with E-state index >= 15 is 0 Å². The Balaban J connectivity index is 2.43. The lowest BCUT2D eigenvalue weighted by Crippen LogP contribution is -2.36. The number of amides is 2. The number of hydrogen-bond acceptors (Lipinski definition) is 3. The second-order valence-corrected chi connectivity index (χ2v) is 4.67. The molecule has 92 valence electrons. The quantitative estimate of drug-likeness (QED) is 0.669. The van der Waals surface area contributed by atoms with Gasteiger partial charge in [-0.15, -0.1) is 0 Å². The smallest absolute Gasteiger partial charge is 0.225 e. The van der Waals surface area contributed by atoms with Crippen molar-refractivity contribution in [2.24, 2.45) is 17.6 Å². The van der Waals surface area contributed by atoms with E-state index in [9.17, 15) is 9.59 Å². The zero-order chi connectivity index (χ0) is 12.1. The monoisotopic (exact) mass is 227 g/mol. The van der Waals surface area contributed by atoms with E-state index in [1.807, 2.05) is 0 Å². The molecule has 0 radical (unpaired) electrons. The molecule has 1 saturated heterocycles. The van der Waals surface area contributed by atoms with E-state index in [1.165, 1.54) is 0 Å². The molecule has 5 heteroatoms. The van der Waals surface area contributed by atoms with Crippen LogP contribution in [0.5, 0.6) is 0 Å². The molecule has 1 fully saturated rings. The highest BCUT2D eigenvalue weighted by molar-refractivity contribution is 5.89. The molecule has 3 N–H and O–H groups in total. The van der Waals surface area contributed by atoms with Crippen LogP contribution < -0.4 is 11.1 Å². The van der Waals surface area contributed by atoms with E-state index in [0.29, 0.717) is 32.0 Å². The molecule has 0 spiro atoms. The number of rotatable bonds is 5.